The number of nitrogens with one attached hydrogen (secondary N) is 1. The number of rotatable bonds is 7. The average Bonchev–Trinajstić information content (AvgIpc) is 3.04. The van der Waals surface area contributed by atoms with E-state index in [0.717, 1.165) is 25.9 Å². The molecule has 0 aliphatic rings. The number of thioether (sulfide) groups is 1. The molecule has 1 aromatic heterocycles. The Balaban J connectivity index is 1.64. The number of aromatic nitrogens is 1. The number of carboxylic acid groups (broad SMARTS) is 1. The molecule has 0 bridgehead atoms. The number of hydrogen-bond donors (Lipinski definition) is 2. The molecule has 8 heteroatoms. The smallest absolute Gasteiger partial charge is 0.335 e. The van der Waals surface area contributed by atoms with E-state index in [1.807, 2.05) is 32.0 Å². The first-order valence-electron chi connectivity index (χ1n) is 8.26. The first-order valence-corrected chi connectivity index (χ1v) is 10.1. The molecule has 0 aliphatic carbocycles. The van der Waals surface area contributed by atoms with Crippen LogP contribution in [0.15, 0.2) is 40.7 Å². The molecule has 140 valence electrons. The van der Waals surface area contributed by atoms with Gasteiger partial charge in [0.15, 0.2) is 4.34 Å². The minimum atomic E-state index is -1.03. The van der Waals surface area contributed by atoms with Gasteiger partial charge in [-0.25, -0.2) is 9.78 Å². The van der Waals surface area contributed by atoms with Crippen molar-refractivity contribution in [3.63, 3.8) is 0 Å². The summed E-state index contributed by atoms with van der Waals surface area (Å²) in [6.07, 6.45) is 0. The highest BCUT2D eigenvalue weighted by Crippen LogP contribution is 2.32. The number of hydrogen-bond acceptors (Lipinski definition) is 6. The molecule has 3 aromatic rings. The summed E-state index contributed by atoms with van der Waals surface area (Å²) in [4.78, 5) is 27.8. The zero-order valence-corrected chi connectivity index (χ0v) is 16.4. The second-order valence-corrected chi connectivity index (χ2v) is 7.97. The Morgan fingerprint density at radius 2 is 2.07 bits per heavy atom. The fourth-order valence-electron chi connectivity index (χ4n) is 2.41. The molecule has 0 fully saturated rings. The van der Waals surface area contributed by atoms with Crippen molar-refractivity contribution >= 4 is 50.9 Å². The lowest BCUT2D eigenvalue weighted by atomic mass is 10.1. The van der Waals surface area contributed by atoms with Crippen LogP contribution >= 0.6 is 23.1 Å². The molecule has 0 saturated carbocycles. The Bertz CT molecular complexity index is 1000. The fourth-order valence-corrected chi connectivity index (χ4v) is 4.30. The van der Waals surface area contributed by atoms with E-state index in [-0.39, 0.29) is 17.2 Å². The van der Waals surface area contributed by atoms with Crippen LogP contribution < -0.4 is 10.1 Å². The Kier molecular flexibility index (Phi) is 5.98. The number of carbonyl (C=O) groups excluding carboxylic acids is 1. The lowest BCUT2D eigenvalue weighted by molar-refractivity contribution is -0.113. The van der Waals surface area contributed by atoms with Crippen molar-refractivity contribution in [1.29, 1.82) is 0 Å². The minimum Gasteiger partial charge on any atom is -0.494 e. The molecule has 0 saturated heterocycles. The standard InChI is InChI=1S/C19H18N2O4S2/c1-3-25-13-6-7-14-16(9-13)27-19(21-14)26-10-17(22)20-15-8-12(18(23)24)5-4-11(15)2/h4-9H,3,10H2,1-2H3,(H,20,22)(H,23,24). The number of aryl methyl sites for hydroxylation is 1. The molecular formula is C19H18N2O4S2. The summed E-state index contributed by atoms with van der Waals surface area (Å²) in [6.45, 7) is 4.36. The maximum Gasteiger partial charge on any atom is 0.335 e. The molecule has 3 rings (SSSR count). The third-order valence-corrected chi connectivity index (χ3v) is 5.90. The highest BCUT2D eigenvalue weighted by atomic mass is 32.2. The van der Waals surface area contributed by atoms with Gasteiger partial charge < -0.3 is 15.2 Å². The third kappa shape index (κ3) is 4.78. The zero-order valence-electron chi connectivity index (χ0n) is 14.8. The first kappa shape index (κ1) is 19.2. The first-order chi connectivity index (χ1) is 13.0. The Morgan fingerprint density at radius 3 is 2.81 bits per heavy atom. The van der Waals surface area contributed by atoms with Gasteiger partial charge in [0, 0.05) is 5.69 Å². The van der Waals surface area contributed by atoms with Crippen molar-refractivity contribution in [3.8, 4) is 5.75 Å². The number of carbonyl (C=O) groups is 2. The number of fused-ring (bicyclic) bond motifs is 1. The van der Waals surface area contributed by atoms with Gasteiger partial charge in [0.2, 0.25) is 5.91 Å². The van der Waals surface area contributed by atoms with E-state index in [2.05, 4.69) is 10.3 Å². The number of thiazole rings is 1. The average molecular weight is 402 g/mol. The van der Waals surface area contributed by atoms with Gasteiger partial charge in [-0.3, -0.25) is 4.79 Å². The topological polar surface area (TPSA) is 88.5 Å². The van der Waals surface area contributed by atoms with E-state index in [0.29, 0.717) is 12.3 Å². The number of anilines is 1. The monoisotopic (exact) mass is 402 g/mol. The van der Waals surface area contributed by atoms with E-state index < -0.39 is 5.97 Å². The number of nitrogens with zero attached hydrogens (tertiary/aromatic N) is 1. The van der Waals surface area contributed by atoms with Crippen molar-refractivity contribution in [2.45, 2.75) is 18.2 Å². The molecule has 2 N–H and O–H groups in total. The van der Waals surface area contributed by atoms with Gasteiger partial charge in [-0.05, 0) is 49.7 Å². The highest BCUT2D eigenvalue weighted by molar-refractivity contribution is 8.01. The summed E-state index contributed by atoms with van der Waals surface area (Å²) >= 11 is 2.86. The molecule has 1 heterocycles. The summed E-state index contributed by atoms with van der Waals surface area (Å²) in [5.74, 6) is -0.244. The molecule has 0 unspecified atom stereocenters. The molecule has 27 heavy (non-hydrogen) atoms. The van der Waals surface area contributed by atoms with Gasteiger partial charge in [0.05, 0.1) is 28.1 Å². The van der Waals surface area contributed by atoms with Crippen molar-refractivity contribution in [2.24, 2.45) is 0 Å². The summed E-state index contributed by atoms with van der Waals surface area (Å²) in [5, 5.41) is 11.8. The summed E-state index contributed by atoms with van der Waals surface area (Å²) in [6, 6.07) is 10.4. The predicted molar refractivity (Wildman–Crippen MR) is 108 cm³/mol. The van der Waals surface area contributed by atoms with Gasteiger partial charge in [0.1, 0.15) is 5.75 Å². The molecule has 6 nitrogen and oxygen atoms in total. The third-order valence-electron chi connectivity index (χ3n) is 3.74. The van der Waals surface area contributed by atoms with Crippen LogP contribution in [-0.4, -0.2) is 34.3 Å². The van der Waals surface area contributed by atoms with Crippen LogP contribution in [0.25, 0.3) is 10.2 Å². The lowest BCUT2D eigenvalue weighted by Crippen LogP contribution is -2.15. The Morgan fingerprint density at radius 1 is 1.26 bits per heavy atom. The zero-order chi connectivity index (χ0) is 19.4. The van der Waals surface area contributed by atoms with E-state index in [1.54, 1.807) is 6.07 Å². The molecule has 2 aromatic carbocycles. The van der Waals surface area contributed by atoms with Crippen LogP contribution in [0.2, 0.25) is 0 Å². The summed E-state index contributed by atoms with van der Waals surface area (Å²) in [5.41, 5.74) is 2.32. The maximum atomic E-state index is 12.3. The number of aromatic carboxylic acids is 1. The van der Waals surface area contributed by atoms with E-state index >= 15 is 0 Å². The van der Waals surface area contributed by atoms with Crippen molar-refractivity contribution in [2.75, 3.05) is 17.7 Å². The van der Waals surface area contributed by atoms with Crippen molar-refractivity contribution < 1.29 is 19.4 Å². The number of benzene rings is 2. The van der Waals surface area contributed by atoms with Gasteiger partial charge in [-0.1, -0.05) is 17.8 Å². The fraction of sp³-hybridized carbons (Fsp3) is 0.211. The minimum absolute atomic E-state index is 0.139. The number of carboxylic acids is 1. The largest absolute Gasteiger partial charge is 0.494 e. The Labute approximate surface area is 164 Å². The second-order valence-electron chi connectivity index (χ2n) is 5.71. The van der Waals surface area contributed by atoms with Crippen molar-refractivity contribution in [3.05, 3.63) is 47.5 Å². The number of amides is 1. The summed E-state index contributed by atoms with van der Waals surface area (Å²) in [7, 11) is 0. The molecule has 0 aliphatic heterocycles. The van der Waals surface area contributed by atoms with E-state index in [9.17, 15) is 9.59 Å². The van der Waals surface area contributed by atoms with Crippen LogP contribution in [0.4, 0.5) is 5.69 Å². The van der Waals surface area contributed by atoms with Crippen LogP contribution in [0.5, 0.6) is 5.75 Å². The quantitative estimate of drug-likeness (QED) is 0.568. The number of ether oxygens (including phenoxy) is 1. The van der Waals surface area contributed by atoms with Gasteiger partial charge in [0.25, 0.3) is 0 Å². The maximum absolute atomic E-state index is 12.3. The highest BCUT2D eigenvalue weighted by Gasteiger charge is 2.11. The second kappa shape index (κ2) is 8.41. The van der Waals surface area contributed by atoms with Gasteiger partial charge >= 0.3 is 5.97 Å². The molecule has 0 spiro atoms. The van der Waals surface area contributed by atoms with Gasteiger partial charge in [-0.15, -0.1) is 11.3 Å². The molecular weight excluding hydrogens is 384 g/mol. The molecule has 0 atom stereocenters. The molecule has 0 radical (unpaired) electrons. The normalized spacial score (nSPS) is 10.7. The van der Waals surface area contributed by atoms with Gasteiger partial charge in [-0.2, -0.15) is 0 Å². The Hall–Kier alpha value is -2.58. The van der Waals surface area contributed by atoms with E-state index in [4.69, 9.17) is 9.84 Å². The molecule has 1 amide bonds. The van der Waals surface area contributed by atoms with E-state index in [1.165, 1.54) is 35.2 Å². The van der Waals surface area contributed by atoms with Crippen LogP contribution in [0.1, 0.15) is 22.8 Å². The lowest BCUT2D eigenvalue weighted by Gasteiger charge is -2.08. The predicted octanol–water partition coefficient (Wildman–Crippen LogP) is 4.43. The van der Waals surface area contributed by atoms with Crippen LogP contribution in [0, 0.1) is 6.92 Å². The van der Waals surface area contributed by atoms with Crippen LogP contribution in [0.3, 0.4) is 0 Å². The SMILES string of the molecule is CCOc1ccc2nc(SCC(=O)Nc3cc(C(=O)O)ccc3C)sc2c1. The van der Waals surface area contributed by atoms with Crippen LogP contribution in [-0.2, 0) is 4.79 Å². The summed E-state index contributed by atoms with van der Waals surface area (Å²) < 4.78 is 7.30. The van der Waals surface area contributed by atoms with Crippen molar-refractivity contribution in [1.82, 2.24) is 4.98 Å².